The first kappa shape index (κ1) is 30.4. The van der Waals surface area contributed by atoms with Gasteiger partial charge in [0.2, 0.25) is 5.91 Å². The Kier molecular flexibility index (Phi) is 11.2. The number of rotatable bonds is 12. The molecule has 37 heavy (non-hydrogen) atoms. The van der Waals surface area contributed by atoms with Crippen LogP contribution in [0.15, 0.2) is 24.3 Å². The number of hydrogen-bond acceptors (Lipinski definition) is 6. The number of hydrogen-bond donors (Lipinski definition) is 1. The number of nitrogens with zero attached hydrogens (tertiary/aromatic N) is 2. The Hall–Kier alpha value is -2.81. The van der Waals surface area contributed by atoms with Crippen LogP contribution in [0.25, 0.3) is 0 Å². The molecule has 9 nitrogen and oxygen atoms in total. The van der Waals surface area contributed by atoms with E-state index in [0.29, 0.717) is 13.0 Å². The SMILES string of the molecule is COC(CCCCCOc1ccc(C)cc1)N(CC1(C(=O)O)CCN(C(=O)OC(C)(C)C)CC1)C(C)=O. The van der Waals surface area contributed by atoms with Gasteiger partial charge in [0.15, 0.2) is 0 Å². The molecule has 1 aliphatic heterocycles. The first-order valence-corrected chi connectivity index (χ1v) is 13.1. The standard InChI is InChI=1S/C28H44N2O7/c1-21-11-13-23(14-12-21)36-19-9-7-8-10-24(35-6)30(22(2)31)20-28(25(32)33)15-17-29(18-16-28)26(34)37-27(3,4)5/h11-14,24H,7-10,15-20H2,1-6H3,(H,32,33). The van der Waals surface area contributed by atoms with Crippen LogP contribution in [0.1, 0.15) is 71.8 Å². The van der Waals surface area contributed by atoms with Gasteiger partial charge in [-0.3, -0.25) is 9.59 Å². The lowest BCUT2D eigenvalue weighted by atomic mass is 9.77. The number of carboxylic acids is 1. The average Bonchev–Trinajstić information content (AvgIpc) is 2.82. The zero-order valence-corrected chi connectivity index (χ0v) is 23.2. The highest BCUT2D eigenvalue weighted by Crippen LogP contribution is 2.35. The lowest BCUT2D eigenvalue weighted by Gasteiger charge is -2.43. The summed E-state index contributed by atoms with van der Waals surface area (Å²) < 4.78 is 16.8. The van der Waals surface area contributed by atoms with Crippen LogP contribution in [-0.2, 0) is 19.1 Å². The lowest BCUT2D eigenvalue weighted by molar-refractivity contribution is -0.161. The summed E-state index contributed by atoms with van der Waals surface area (Å²) in [5, 5.41) is 10.1. The number of carbonyl (C=O) groups is 3. The first-order chi connectivity index (χ1) is 17.4. The zero-order valence-electron chi connectivity index (χ0n) is 23.2. The van der Waals surface area contributed by atoms with Gasteiger partial charge in [0, 0.05) is 33.7 Å². The van der Waals surface area contributed by atoms with Crippen molar-refractivity contribution in [1.82, 2.24) is 9.80 Å². The van der Waals surface area contributed by atoms with Crippen molar-refractivity contribution in [3.63, 3.8) is 0 Å². The molecule has 2 amide bonds. The maximum Gasteiger partial charge on any atom is 0.410 e. The van der Waals surface area contributed by atoms with E-state index in [0.717, 1.165) is 25.0 Å². The monoisotopic (exact) mass is 520 g/mol. The highest BCUT2D eigenvalue weighted by molar-refractivity contribution is 5.78. The fraction of sp³-hybridized carbons (Fsp3) is 0.679. The second kappa shape index (κ2) is 13.7. The van der Waals surface area contributed by atoms with E-state index >= 15 is 0 Å². The van der Waals surface area contributed by atoms with Crippen molar-refractivity contribution in [2.24, 2.45) is 5.41 Å². The Bertz CT molecular complexity index is 887. The Morgan fingerprint density at radius 3 is 2.22 bits per heavy atom. The van der Waals surface area contributed by atoms with Crippen molar-refractivity contribution in [3.8, 4) is 5.75 Å². The van der Waals surface area contributed by atoms with Gasteiger partial charge in [-0.25, -0.2) is 4.79 Å². The van der Waals surface area contributed by atoms with Crippen LogP contribution in [0.5, 0.6) is 5.75 Å². The fourth-order valence-electron chi connectivity index (χ4n) is 4.45. The summed E-state index contributed by atoms with van der Waals surface area (Å²) >= 11 is 0. The van der Waals surface area contributed by atoms with Gasteiger partial charge in [-0.2, -0.15) is 0 Å². The molecule has 1 fully saturated rings. The van der Waals surface area contributed by atoms with Crippen LogP contribution < -0.4 is 4.74 Å². The van der Waals surface area contributed by atoms with Gasteiger partial charge in [0.05, 0.1) is 12.0 Å². The maximum absolute atomic E-state index is 12.6. The Labute approximate surface area is 221 Å². The average molecular weight is 521 g/mol. The lowest BCUT2D eigenvalue weighted by Crippen LogP contribution is -2.55. The smallest absolute Gasteiger partial charge is 0.410 e. The minimum atomic E-state index is -1.15. The molecule has 2 rings (SSSR count). The van der Waals surface area contributed by atoms with E-state index in [-0.39, 0.29) is 38.4 Å². The largest absolute Gasteiger partial charge is 0.494 e. The maximum atomic E-state index is 12.6. The summed E-state index contributed by atoms with van der Waals surface area (Å²) in [6.07, 6.45) is 2.67. The molecular weight excluding hydrogens is 476 g/mol. The van der Waals surface area contributed by atoms with E-state index in [1.165, 1.54) is 22.3 Å². The number of piperidine rings is 1. The quantitative estimate of drug-likeness (QED) is 0.310. The number of aliphatic carboxylic acids is 1. The molecule has 0 spiro atoms. The number of carbonyl (C=O) groups excluding carboxylic acids is 2. The number of likely N-dealkylation sites (tertiary alicyclic amines) is 1. The third kappa shape index (κ3) is 9.54. The molecular formula is C28H44N2O7. The van der Waals surface area contributed by atoms with Gasteiger partial charge >= 0.3 is 12.1 Å². The number of methoxy groups -OCH3 is 1. The van der Waals surface area contributed by atoms with Gasteiger partial charge < -0.3 is 29.1 Å². The van der Waals surface area contributed by atoms with Gasteiger partial charge in [0.1, 0.15) is 17.6 Å². The van der Waals surface area contributed by atoms with E-state index in [1.54, 1.807) is 27.9 Å². The summed E-state index contributed by atoms with van der Waals surface area (Å²) in [5.74, 6) is -0.352. The number of benzene rings is 1. The molecule has 0 aromatic heterocycles. The van der Waals surface area contributed by atoms with Crippen molar-refractivity contribution >= 4 is 18.0 Å². The minimum Gasteiger partial charge on any atom is -0.494 e. The minimum absolute atomic E-state index is 0.0366. The molecule has 1 aromatic rings. The molecule has 1 atom stereocenters. The normalized spacial score (nSPS) is 16.1. The van der Waals surface area contributed by atoms with Crippen LogP contribution in [0, 0.1) is 12.3 Å². The molecule has 0 saturated carbocycles. The summed E-state index contributed by atoms with van der Waals surface area (Å²) in [5.41, 5.74) is -0.586. The van der Waals surface area contributed by atoms with E-state index in [4.69, 9.17) is 14.2 Å². The summed E-state index contributed by atoms with van der Waals surface area (Å²) in [4.78, 5) is 40.5. The first-order valence-electron chi connectivity index (χ1n) is 13.1. The molecule has 1 aliphatic rings. The predicted molar refractivity (Wildman–Crippen MR) is 140 cm³/mol. The molecule has 0 aliphatic carbocycles. The highest BCUT2D eigenvalue weighted by atomic mass is 16.6. The third-order valence-electron chi connectivity index (χ3n) is 6.71. The van der Waals surface area contributed by atoms with Gasteiger partial charge in [0.25, 0.3) is 0 Å². The Balaban J connectivity index is 1.90. The van der Waals surface area contributed by atoms with Crippen LogP contribution >= 0.6 is 0 Å². The second-order valence-electron chi connectivity index (χ2n) is 10.9. The molecule has 0 bridgehead atoms. The molecule has 208 valence electrons. The second-order valence-corrected chi connectivity index (χ2v) is 10.9. The zero-order chi connectivity index (χ0) is 27.6. The van der Waals surface area contributed by atoms with Crippen molar-refractivity contribution in [2.75, 3.05) is 33.4 Å². The van der Waals surface area contributed by atoms with E-state index in [1.807, 2.05) is 31.2 Å². The molecule has 1 heterocycles. The third-order valence-corrected chi connectivity index (χ3v) is 6.71. The fourth-order valence-corrected chi connectivity index (χ4v) is 4.45. The van der Waals surface area contributed by atoms with Crippen LogP contribution in [0.2, 0.25) is 0 Å². The summed E-state index contributed by atoms with van der Waals surface area (Å²) in [7, 11) is 1.54. The van der Waals surface area contributed by atoms with Crippen molar-refractivity contribution in [3.05, 3.63) is 29.8 Å². The van der Waals surface area contributed by atoms with E-state index in [9.17, 15) is 19.5 Å². The van der Waals surface area contributed by atoms with E-state index < -0.39 is 29.3 Å². The van der Waals surface area contributed by atoms with Crippen molar-refractivity contribution in [1.29, 1.82) is 0 Å². The summed E-state index contributed by atoms with van der Waals surface area (Å²) in [6, 6.07) is 7.94. The predicted octanol–water partition coefficient (Wildman–Crippen LogP) is 4.86. The highest BCUT2D eigenvalue weighted by Gasteiger charge is 2.45. The Morgan fingerprint density at radius 1 is 1.08 bits per heavy atom. The van der Waals surface area contributed by atoms with Gasteiger partial charge in [-0.05, 0) is 78.4 Å². The van der Waals surface area contributed by atoms with Crippen molar-refractivity contribution < 1.29 is 33.7 Å². The summed E-state index contributed by atoms with van der Waals surface area (Å²) in [6.45, 7) is 10.0. The van der Waals surface area contributed by atoms with E-state index in [2.05, 4.69) is 0 Å². The number of amides is 2. The number of aryl methyl sites for hydroxylation is 1. The van der Waals surface area contributed by atoms with Crippen LogP contribution in [0.4, 0.5) is 4.79 Å². The van der Waals surface area contributed by atoms with Crippen molar-refractivity contribution in [2.45, 2.75) is 85.0 Å². The molecule has 0 radical (unpaired) electrons. The molecule has 1 unspecified atom stereocenters. The van der Waals surface area contributed by atoms with Crippen LogP contribution in [0.3, 0.4) is 0 Å². The number of carboxylic acid groups (broad SMARTS) is 1. The van der Waals surface area contributed by atoms with Gasteiger partial charge in [-0.1, -0.05) is 17.7 Å². The molecule has 1 N–H and O–H groups in total. The molecule has 1 saturated heterocycles. The number of unbranched alkanes of at least 4 members (excludes halogenated alkanes) is 2. The van der Waals surface area contributed by atoms with Gasteiger partial charge in [-0.15, -0.1) is 0 Å². The molecule has 9 heteroatoms. The molecule has 1 aromatic carbocycles. The topological polar surface area (TPSA) is 106 Å². The Morgan fingerprint density at radius 2 is 1.70 bits per heavy atom. The number of ether oxygens (including phenoxy) is 3. The van der Waals surface area contributed by atoms with Crippen LogP contribution in [-0.4, -0.2) is 78.1 Å².